The van der Waals surface area contributed by atoms with E-state index in [4.69, 9.17) is 5.73 Å². The summed E-state index contributed by atoms with van der Waals surface area (Å²) in [5.74, 6) is 0.221. The maximum atomic E-state index is 12.9. The van der Waals surface area contributed by atoms with E-state index < -0.39 is 0 Å². The molecule has 1 saturated carbocycles. The fourth-order valence-electron chi connectivity index (χ4n) is 4.28. The molecule has 0 aromatic heterocycles. The first-order valence-corrected chi connectivity index (χ1v) is 9.87. The summed E-state index contributed by atoms with van der Waals surface area (Å²) in [6.45, 7) is 3.90. The van der Waals surface area contributed by atoms with E-state index in [1.165, 1.54) is 0 Å². The molecule has 3 rings (SSSR count). The number of nitrogens with zero attached hydrogens (tertiary/aromatic N) is 1. The quantitative estimate of drug-likeness (QED) is 0.825. The Morgan fingerprint density at radius 2 is 1.81 bits per heavy atom. The Morgan fingerprint density at radius 1 is 1.15 bits per heavy atom. The Hall–Kier alpha value is -1.59. The molecule has 0 radical (unpaired) electrons. The number of hydrogen-bond acceptors (Lipinski definition) is 3. The van der Waals surface area contributed by atoms with Gasteiger partial charge in [0.05, 0.1) is 5.92 Å². The highest BCUT2D eigenvalue weighted by atomic mass is 35.5. The number of piperidine rings is 1. The molecule has 2 unspecified atom stereocenters. The fourth-order valence-corrected chi connectivity index (χ4v) is 4.28. The number of nitrogens with two attached hydrogens (primary N) is 1. The highest BCUT2D eigenvalue weighted by Crippen LogP contribution is 2.33. The van der Waals surface area contributed by atoms with E-state index >= 15 is 0 Å². The molecule has 1 aromatic carbocycles. The molecule has 2 fully saturated rings. The smallest absolute Gasteiger partial charge is 0.227 e. The van der Waals surface area contributed by atoms with Crippen LogP contribution in [0.3, 0.4) is 0 Å². The zero-order chi connectivity index (χ0) is 18.6. The number of benzene rings is 1. The molecular weight excluding hydrogens is 362 g/mol. The van der Waals surface area contributed by atoms with Crippen LogP contribution in [-0.2, 0) is 16.1 Å². The lowest BCUT2D eigenvalue weighted by Gasteiger charge is -2.41. The second-order valence-corrected chi connectivity index (χ2v) is 8.11. The van der Waals surface area contributed by atoms with Crippen LogP contribution >= 0.6 is 12.4 Å². The molecule has 2 aliphatic rings. The van der Waals surface area contributed by atoms with Gasteiger partial charge in [-0.15, -0.1) is 12.4 Å². The molecule has 5 nitrogen and oxygen atoms in total. The summed E-state index contributed by atoms with van der Waals surface area (Å²) < 4.78 is 0. The summed E-state index contributed by atoms with van der Waals surface area (Å²) in [5, 5.41) is 3.03. The third-order valence-electron chi connectivity index (χ3n) is 6.04. The topological polar surface area (TPSA) is 75.4 Å². The van der Waals surface area contributed by atoms with E-state index in [0.717, 1.165) is 44.1 Å². The van der Waals surface area contributed by atoms with Gasteiger partial charge in [0.15, 0.2) is 0 Å². The number of halogens is 1. The summed E-state index contributed by atoms with van der Waals surface area (Å²) in [4.78, 5) is 27.3. The lowest BCUT2D eigenvalue weighted by atomic mass is 9.73. The SMILES string of the molecule is CC1(N)CCCCC1C(=O)N1CCC(C(=O)NCc2ccccc2)CC1.Cl. The minimum absolute atomic E-state index is 0. The van der Waals surface area contributed by atoms with E-state index in [1.54, 1.807) is 0 Å². The third kappa shape index (κ3) is 5.45. The van der Waals surface area contributed by atoms with Gasteiger partial charge in [0.1, 0.15) is 0 Å². The van der Waals surface area contributed by atoms with Gasteiger partial charge in [0.25, 0.3) is 0 Å². The molecule has 1 aliphatic carbocycles. The van der Waals surface area contributed by atoms with Crippen molar-refractivity contribution in [2.24, 2.45) is 17.6 Å². The van der Waals surface area contributed by atoms with Gasteiger partial charge in [0, 0.05) is 31.1 Å². The molecule has 3 N–H and O–H groups in total. The maximum absolute atomic E-state index is 12.9. The Kier molecular flexibility index (Phi) is 7.68. The average Bonchev–Trinajstić information content (AvgIpc) is 2.66. The molecule has 27 heavy (non-hydrogen) atoms. The van der Waals surface area contributed by atoms with Crippen molar-refractivity contribution in [1.82, 2.24) is 10.2 Å². The molecule has 0 bridgehead atoms. The number of hydrogen-bond donors (Lipinski definition) is 2. The van der Waals surface area contributed by atoms with Gasteiger partial charge in [-0.05, 0) is 38.2 Å². The van der Waals surface area contributed by atoms with Crippen LogP contribution in [0.4, 0.5) is 0 Å². The first-order valence-electron chi connectivity index (χ1n) is 9.87. The molecule has 2 amide bonds. The zero-order valence-corrected chi connectivity index (χ0v) is 17.0. The lowest BCUT2D eigenvalue weighted by Crippen LogP contribution is -2.55. The van der Waals surface area contributed by atoms with Gasteiger partial charge >= 0.3 is 0 Å². The number of carbonyl (C=O) groups is 2. The summed E-state index contributed by atoms with van der Waals surface area (Å²) in [6, 6.07) is 9.94. The van der Waals surface area contributed by atoms with Crippen LogP contribution in [0.15, 0.2) is 30.3 Å². The van der Waals surface area contributed by atoms with Crippen LogP contribution in [0.1, 0.15) is 51.0 Å². The lowest BCUT2D eigenvalue weighted by molar-refractivity contribution is -0.142. The normalized spacial score (nSPS) is 26.1. The molecule has 1 aromatic rings. The predicted molar refractivity (Wildman–Crippen MR) is 109 cm³/mol. The Balaban J connectivity index is 0.00000261. The van der Waals surface area contributed by atoms with Crippen molar-refractivity contribution in [1.29, 1.82) is 0 Å². The monoisotopic (exact) mass is 393 g/mol. The first-order chi connectivity index (χ1) is 12.5. The van der Waals surface area contributed by atoms with Gasteiger partial charge in [0.2, 0.25) is 11.8 Å². The van der Waals surface area contributed by atoms with Gasteiger partial charge in [-0.25, -0.2) is 0 Å². The minimum Gasteiger partial charge on any atom is -0.352 e. The largest absolute Gasteiger partial charge is 0.352 e. The van der Waals surface area contributed by atoms with Gasteiger partial charge < -0.3 is 16.0 Å². The van der Waals surface area contributed by atoms with Gasteiger partial charge in [-0.3, -0.25) is 9.59 Å². The van der Waals surface area contributed by atoms with Crippen LogP contribution in [0.2, 0.25) is 0 Å². The van der Waals surface area contributed by atoms with Crippen molar-refractivity contribution in [3.05, 3.63) is 35.9 Å². The summed E-state index contributed by atoms with van der Waals surface area (Å²) in [5.41, 5.74) is 7.10. The third-order valence-corrected chi connectivity index (χ3v) is 6.04. The number of nitrogens with one attached hydrogen (secondary N) is 1. The number of carbonyl (C=O) groups excluding carboxylic acids is 2. The molecule has 6 heteroatoms. The Morgan fingerprint density at radius 3 is 2.44 bits per heavy atom. The highest BCUT2D eigenvalue weighted by Gasteiger charge is 2.40. The van der Waals surface area contributed by atoms with Crippen LogP contribution < -0.4 is 11.1 Å². The van der Waals surface area contributed by atoms with Crippen molar-refractivity contribution in [2.45, 2.75) is 57.5 Å². The fraction of sp³-hybridized carbons (Fsp3) is 0.619. The first kappa shape index (κ1) is 21.7. The van der Waals surface area contributed by atoms with E-state index in [0.29, 0.717) is 19.6 Å². The van der Waals surface area contributed by atoms with Crippen molar-refractivity contribution in [3.8, 4) is 0 Å². The molecule has 2 atom stereocenters. The molecular formula is C21H32ClN3O2. The van der Waals surface area contributed by atoms with Crippen LogP contribution in [0.25, 0.3) is 0 Å². The zero-order valence-electron chi connectivity index (χ0n) is 16.2. The number of likely N-dealkylation sites (tertiary alicyclic amines) is 1. The standard InChI is InChI=1S/C21H31N3O2.ClH/c1-21(22)12-6-5-9-18(21)20(26)24-13-10-17(11-14-24)19(25)23-15-16-7-3-2-4-8-16;/h2-4,7-8,17-18H,5-6,9-15,22H2,1H3,(H,23,25);1H. The van der Waals surface area contributed by atoms with E-state index in [2.05, 4.69) is 5.32 Å². The molecule has 1 aliphatic heterocycles. The van der Waals surface area contributed by atoms with Crippen molar-refractivity contribution < 1.29 is 9.59 Å². The van der Waals surface area contributed by atoms with Crippen molar-refractivity contribution >= 4 is 24.2 Å². The molecule has 0 spiro atoms. The highest BCUT2D eigenvalue weighted by molar-refractivity contribution is 5.85. The molecule has 1 saturated heterocycles. The summed E-state index contributed by atoms with van der Waals surface area (Å²) in [7, 11) is 0. The van der Waals surface area contributed by atoms with Crippen LogP contribution in [0.5, 0.6) is 0 Å². The minimum atomic E-state index is -0.390. The molecule has 150 valence electrons. The van der Waals surface area contributed by atoms with E-state index in [-0.39, 0.29) is 41.6 Å². The van der Waals surface area contributed by atoms with Crippen LogP contribution in [0, 0.1) is 11.8 Å². The van der Waals surface area contributed by atoms with Gasteiger partial charge in [-0.1, -0.05) is 43.2 Å². The Labute approximate surface area is 168 Å². The molecule has 1 heterocycles. The average molecular weight is 394 g/mol. The summed E-state index contributed by atoms with van der Waals surface area (Å²) >= 11 is 0. The second-order valence-electron chi connectivity index (χ2n) is 8.11. The summed E-state index contributed by atoms with van der Waals surface area (Å²) in [6.07, 6.45) is 5.48. The van der Waals surface area contributed by atoms with Gasteiger partial charge in [-0.2, -0.15) is 0 Å². The van der Waals surface area contributed by atoms with E-state index in [1.807, 2.05) is 42.2 Å². The predicted octanol–water partition coefficient (Wildman–Crippen LogP) is 2.87. The second kappa shape index (κ2) is 9.56. The Bertz CT molecular complexity index is 628. The van der Waals surface area contributed by atoms with E-state index in [9.17, 15) is 9.59 Å². The van der Waals surface area contributed by atoms with Crippen LogP contribution in [-0.4, -0.2) is 35.3 Å². The van der Waals surface area contributed by atoms with Crippen molar-refractivity contribution in [2.75, 3.05) is 13.1 Å². The maximum Gasteiger partial charge on any atom is 0.227 e. The van der Waals surface area contributed by atoms with Crippen molar-refractivity contribution in [3.63, 3.8) is 0 Å². The number of amides is 2. The number of rotatable bonds is 4.